The van der Waals surface area contributed by atoms with Crippen LogP contribution in [0.3, 0.4) is 0 Å². The van der Waals surface area contributed by atoms with E-state index in [0.29, 0.717) is 12.1 Å². The molecule has 0 unspecified atom stereocenters. The van der Waals surface area contributed by atoms with Crippen molar-refractivity contribution >= 4 is 0 Å². The average Bonchev–Trinajstić information content (AvgIpc) is 2.80. The minimum absolute atomic E-state index is 0.433. The molecule has 0 aliphatic heterocycles. The van der Waals surface area contributed by atoms with Crippen molar-refractivity contribution < 1.29 is 35.8 Å². The van der Waals surface area contributed by atoms with E-state index in [1.165, 1.54) is 0 Å². The zero-order valence-corrected chi connectivity index (χ0v) is 11.7. The number of ether oxygens (including phenoxy) is 2. The van der Waals surface area contributed by atoms with E-state index in [9.17, 15) is 26.3 Å². The fourth-order valence-corrected chi connectivity index (χ4v) is 2.87. The first-order chi connectivity index (χ1) is 10.8. The van der Waals surface area contributed by atoms with E-state index in [1.54, 1.807) is 0 Å². The van der Waals surface area contributed by atoms with Gasteiger partial charge in [-0.25, -0.2) is 26.3 Å². The largest absolute Gasteiger partial charge is 0.346 e. The highest BCUT2D eigenvalue weighted by Crippen LogP contribution is 2.53. The lowest BCUT2D eigenvalue weighted by atomic mass is 10.0. The Kier molecular flexibility index (Phi) is 3.42. The molecule has 0 amide bonds. The van der Waals surface area contributed by atoms with Crippen LogP contribution in [-0.2, 0) is 15.3 Å². The zero-order chi connectivity index (χ0) is 17.1. The van der Waals surface area contributed by atoms with Crippen LogP contribution in [0, 0.1) is 34.9 Å². The first kappa shape index (κ1) is 15.8. The second-order valence-corrected chi connectivity index (χ2v) is 4.84. The zero-order valence-electron chi connectivity index (χ0n) is 11.7. The number of rotatable bonds is 2. The van der Waals surface area contributed by atoms with Crippen molar-refractivity contribution in [2.45, 2.75) is 5.79 Å². The maximum absolute atomic E-state index is 14.2. The summed E-state index contributed by atoms with van der Waals surface area (Å²) in [6, 6.07) is 1.08. The molecule has 1 aliphatic carbocycles. The smallest absolute Gasteiger partial charge is 0.223 e. The Labute approximate surface area is 126 Å². The van der Waals surface area contributed by atoms with Gasteiger partial charge in [0, 0.05) is 36.5 Å². The average molecular weight is 334 g/mol. The molecule has 0 aromatic heterocycles. The Morgan fingerprint density at radius 2 is 1.00 bits per heavy atom. The Morgan fingerprint density at radius 1 is 0.652 bits per heavy atom. The Morgan fingerprint density at radius 3 is 1.30 bits per heavy atom. The van der Waals surface area contributed by atoms with Crippen LogP contribution in [0.2, 0.25) is 0 Å². The van der Waals surface area contributed by atoms with E-state index in [-0.39, 0.29) is 0 Å². The lowest BCUT2D eigenvalue weighted by Crippen LogP contribution is -2.30. The van der Waals surface area contributed by atoms with Gasteiger partial charge in [0.2, 0.25) is 5.79 Å². The fourth-order valence-electron chi connectivity index (χ4n) is 2.87. The first-order valence-electron chi connectivity index (χ1n) is 6.26. The van der Waals surface area contributed by atoms with Gasteiger partial charge in [-0.3, -0.25) is 0 Å². The number of benzene rings is 2. The maximum atomic E-state index is 14.2. The van der Waals surface area contributed by atoms with Gasteiger partial charge in [-0.05, 0) is 12.1 Å². The lowest BCUT2D eigenvalue weighted by Gasteiger charge is -2.28. The van der Waals surface area contributed by atoms with Gasteiger partial charge in [0.25, 0.3) is 0 Å². The molecule has 0 N–H and O–H groups in total. The normalized spacial score (nSPS) is 14.8. The van der Waals surface area contributed by atoms with Crippen molar-refractivity contribution in [2.24, 2.45) is 0 Å². The SMILES string of the molecule is COC1(OC)c2cc(F)c(F)c(F)c2-c2c1cc(F)c(F)c2F. The van der Waals surface area contributed by atoms with E-state index in [2.05, 4.69) is 0 Å². The van der Waals surface area contributed by atoms with E-state index < -0.39 is 62.9 Å². The standard InChI is InChI=1S/C15H8F6O2/c1-22-15(23-2)5-3-7(16)11(18)13(20)9(5)10-6(15)4-8(17)12(19)14(10)21/h3-4H,1-2H3. The molecule has 0 spiro atoms. The third-order valence-electron chi connectivity index (χ3n) is 3.86. The van der Waals surface area contributed by atoms with Crippen LogP contribution in [0.25, 0.3) is 11.1 Å². The monoisotopic (exact) mass is 334 g/mol. The molecule has 2 aromatic carbocycles. The molecule has 0 bridgehead atoms. The van der Waals surface area contributed by atoms with Gasteiger partial charge in [-0.15, -0.1) is 0 Å². The van der Waals surface area contributed by atoms with Crippen LogP contribution in [0.5, 0.6) is 0 Å². The molecule has 3 rings (SSSR count). The minimum atomic E-state index is -2.10. The van der Waals surface area contributed by atoms with Crippen molar-refractivity contribution in [2.75, 3.05) is 14.2 Å². The Hall–Kier alpha value is -2.06. The summed E-state index contributed by atoms with van der Waals surface area (Å²) in [6.45, 7) is 0. The predicted octanol–water partition coefficient (Wildman–Crippen LogP) is 4.00. The number of fused-ring (bicyclic) bond motifs is 3. The number of hydrogen-bond acceptors (Lipinski definition) is 2. The van der Waals surface area contributed by atoms with Crippen molar-refractivity contribution in [1.29, 1.82) is 0 Å². The highest BCUT2D eigenvalue weighted by Gasteiger charge is 2.49. The van der Waals surface area contributed by atoms with Gasteiger partial charge < -0.3 is 9.47 Å². The highest BCUT2D eigenvalue weighted by atomic mass is 19.2. The molecule has 122 valence electrons. The summed E-state index contributed by atoms with van der Waals surface area (Å²) in [5.74, 6) is -12.5. The predicted molar refractivity (Wildman–Crippen MR) is 66.4 cm³/mol. The number of hydrogen-bond donors (Lipinski definition) is 0. The van der Waals surface area contributed by atoms with Crippen LogP contribution < -0.4 is 0 Å². The van der Waals surface area contributed by atoms with E-state index >= 15 is 0 Å². The molecule has 2 aromatic rings. The van der Waals surface area contributed by atoms with Gasteiger partial charge >= 0.3 is 0 Å². The van der Waals surface area contributed by atoms with Crippen molar-refractivity contribution in [3.8, 4) is 11.1 Å². The molecule has 23 heavy (non-hydrogen) atoms. The summed E-state index contributed by atoms with van der Waals surface area (Å²) in [5.41, 5.74) is -2.42. The molecular weight excluding hydrogens is 326 g/mol. The summed E-state index contributed by atoms with van der Waals surface area (Å²) >= 11 is 0. The summed E-state index contributed by atoms with van der Waals surface area (Å²) in [5, 5.41) is 0. The van der Waals surface area contributed by atoms with E-state index in [0.717, 1.165) is 14.2 Å². The molecule has 0 radical (unpaired) electrons. The van der Waals surface area contributed by atoms with E-state index in [1.807, 2.05) is 0 Å². The van der Waals surface area contributed by atoms with Gasteiger partial charge in [0.15, 0.2) is 34.9 Å². The van der Waals surface area contributed by atoms with Crippen molar-refractivity contribution in [3.05, 3.63) is 58.2 Å². The van der Waals surface area contributed by atoms with Crippen LogP contribution in [-0.4, -0.2) is 14.2 Å². The third-order valence-corrected chi connectivity index (χ3v) is 3.86. The molecule has 0 fully saturated rings. The molecule has 0 atom stereocenters. The summed E-state index contributed by atoms with van der Waals surface area (Å²) in [6.07, 6.45) is 0. The lowest BCUT2D eigenvalue weighted by molar-refractivity contribution is -0.181. The van der Waals surface area contributed by atoms with Crippen LogP contribution >= 0.6 is 0 Å². The molecule has 1 aliphatic rings. The van der Waals surface area contributed by atoms with Gasteiger partial charge in [0.05, 0.1) is 0 Å². The molecule has 0 saturated heterocycles. The first-order valence-corrected chi connectivity index (χ1v) is 6.26. The van der Waals surface area contributed by atoms with Crippen molar-refractivity contribution in [3.63, 3.8) is 0 Å². The molecule has 0 heterocycles. The van der Waals surface area contributed by atoms with Crippen molar-refractivity contribution in [1.82, 2.24) is 0 Å². The Balaban J connectivity index is 2.55. The van der Waals surface area contributed by atoms with Crippen LogP contribution in [0.1, 0.15) is 11.1 Å². The van der Waals surface area contributed by atoms with Gasteiger partial charge in [-0.2, -0.15) is 0 Å². The second kappa shape index (κ2) is 4.97. The highest BCUT2D eigenvalue weighted by molar-refractivity contribution is 5.80. The molecular formula is C15H8F6O2. The molecule has 8 heteroatoms. The summed E-state index contributed by atoms with van der Waals surface area (Å²) < 4.78 is 92.6. The third kappa shape index (κ3) is 1.79. The number of methoxy groups -OCH3 is 2. The maximum Gasteiger partial charge on any atom is 0.223 e. The topological polar surface area (TPSA) is 18.5 Å². The fraction of sp³-hybridized carbons (Fsp3) is 0.200. The quantitative estimate of drug-likeness (QED) is 0.470. The van der Waals surface area contributed by atoms with Crippen LogP contribution in [0.4, 0.5) is 26.3 Å². The van der Waals surface area contributed by atoms with E-state index in [4.69, 9.17) is 9.47 Å². The summed E-state index contributed by atoms with van der Waals surface area (Å²) in [7, 11) is 2.11. The van der Waals surface area contributed by atoms with Gasteiger partial charge in [0.1, 0.15) is 0 Å². The van der Waals surface area contributed by atoms with Gasteiger partial charge in [-0.1, -0.05) is 0 Å². The Bertz CT molecular complexity index is 764. The summed E-state index contributed by atoms with van der Waals surface area (Å²) in [4.78, 5) is 0. The number of halogens is 6. The molecule has 0 saturated carbocycles. The molecule has 2 nitrogen and oxygen atoms in total. The van der Waals surface area contributed by atoms with Crippen LogP contribution in [0.15, 0.2) is 12.1 Å². The minimum Gasteiger partial charge on any atom is -0.346 e. The second-order valence-electron chi connectivity index (χ2n) is 4.84.